The molecule has 0 N–H and O–H groups in total. The molecule has 1 aromatic carbocycles. The van der Waals surface area contributed by atoms with E-state index in [0.29, 0.717) is 11.6 Å². The molecule has 5 heteroatoms. The number of benzene rings is 1. The molecule has 0 aliphatic heterocycles. The smallest absolute Gasteiger partial charge is 0.197 e. The van der Waals surface area contributed by atoms with E-state index < -0.39 is 0 Å². The van der Waals surface area contributed by atoms with Crippen LogP contribution in [0.15, 0.2) is 30.7 Å². The number of methoxy groups -OCH3 is 1. The molecule has 124 valence electrons. The highest BCUT2D eigenvalue weighted by molar-refractivity contribution is 5.74. The number of hydrogen-bond donors (Lipinski definition) is 0. The standard InChI is InChI=1S/C19H22N4O/c1-12(2)14-6-7-17(24-3)15(8-14)16-9-20-18-19(22-16)23(11-21-18)10-13-4-5-13/h6-9,11-13H,4-5,10H2,1-3H3. The lowest BCUT2D eigenvalue weighted by Crippen LogP contribution is -2.01. The van der Waals surface area contributed by atoms with Crippen LogP contribution in [0.25, 0.3) is 22.6 Å². The van der Waals surface area contributed by atoms with Gasteiger partial charge in [0.05, 0.1) is 25.3 Å². The van der Waals surface area contributed by atoms with E-state index in [4.69, 9.17) is 9.72 Å². The number of nitrogens with zero attached hydrogens (tertiary/aromatic N) is 4. The van der Waals surface area contributed by atoms with Gasteiger partial charge in [-0.05, 0) is 42.4 Å². The highest BCUT2D eigenvalue weighted by atomic mass is 16.5. The van der Waals surface area contributed by atoms with Gasteiger partial charge in [-0.3, -0.25) is 0 Å². The third-order valence-electron chi connectivity index (χ3n) is 4.64. The molecule has 1 fully saturated rings. The van der Waals surface area contributed by atoms with Crippen LogP contribution < -0.4 is 4.74 Å². The van der Waals surface area contributed by atoms with Crippen LogP contribution in [0.5, 0.6) is 5.75 Å². The predicted octanol–water partition coefficient (Wildman–Crippen LogP) is 4.04. The number of ether oxygens (including phenoxy) is 1. The van der Waals surface area contributed by atoms with Crippen molar-refractivity contribution in [1.82, 2.24) is 19.5 Å². The molecule has 0 amide bonds. The van der Waals surface area contributed by atoms with Gasteiger partial charge in [-0.15, -0.1) is 0 Å². The fourth-order valence-electron chi connectivity index (χ4n) is 2.96. The van der Waals surface area contributed by atoms with E-state index in [-0.39, 0.29) is 0 Å². The summed E-state index contributed by atoms with van der Waals surface area (Å²) >= 11 is 0. The Balaban J connectivity index is 1.81. The fraction of sp³-hybridized carbons (Fsp3) is 0.421. The van der Waals surface area contributed by atoms with Crippen molar-refractivity contribution in [3.63, 3.8) is 0 Å². The monoisotopic (exact) mass is 322 g/mol. The van der Waals surface area contributed by atoms with Crippen molar-refractivity contribution in [2.75, 3.05) is 7.11 Å². The van der Waals surface area contributed by atoms with Gasteiger partial charge in [0.1, 0.15) is 5.75 Å². The van der Waals surface area contributed by atoms with Crippen molar-refractivity contribution in [3.05, 3.63) is 36.3 Å². The first-order chi connectivity index (χ1) is 11.7. The largest absolute Gasteiger partial charge is 0.496 e. The second-order valence-corrected chi connectivity index (χ2v) is 6.86. The molecule has 0 bridgehead atoms. The fourth-order valence-corrected chi connectivity index (χ4v) is 2.96. The zero-order chi connectivity index (χ0) is 16.7. The summed E-state index contributed by atoms with van der Waals surface area (Å²) in [4.78, 5) is 13.7. The van der Waals surface area contributed by atoms with Gasteiger partial charge in [0, 0.05) is 12.1 Å². The first kappa shape index (κ1) is 15.1. The summed E-state index contributed by atoms with van der Waals surface area (Å²) < 4.78 is 7.67. The van der Waals surface area contributed by atoms with Gasteiger partial charge in [-0.1, -0.05) is 19.9 Å². The highest BCUT2D eigenvalue weighted by Crippen LogP contribution is 2.33. The van der Waals surface area contributed by atoms with E-state index in [1.165, 1.54) is 18.4 Å². The Morgan fingerprint density at radius 1 is 1.25 bits per heavy atom. The van der Waals surface area contributed by atoms with Crippen LogP contribution in [0.2, 0.25) is 0 Å². The zero-order valence-corrected chi connectivity index (χ0v) is 14.4. The molecule has 1 saturated carbocycles. The van der Waals surface area contributed by atoms with Crippen LogP contribution >= 0.6 is 0 Å². The Morgan fingerprint density at radius 2 is 2.08 bits per heavy atom. The second-order valence-electron chi connectivity index (χ2n) is 6.86. The highest BCUT2D eigenvalue weighted by Gasteiger charge is 2.23. The summed E-state index contributed by atoms with van der Waals surface area (Å²) in [5.41, 5.74) is 4.64. The van der Waals surface area contributed by atoms with Gasteiger partial charge in [-0.2, -0.15) is 0 Å². The first-order valence-electron chi connectivity index (χ1n) is 8.52. The topological polar surface area (TPSA) is 52.8 Å². The van der Waals surface area contributed by atoms with E-state index in [1.807, 2.05) is 12.4 Å². The summed E-state index contributed by atoms with van der Waals surface area (Å²) in [6.07, 6.45) is 6.25. The Hall–Kier alpha value is -2.43. The lowest BCUT2D eigenvalue weighted by atomic mass is 9.99. The molecule has 4 rings (SSSR count). The summed E-state index contributed by atoms with van der Waals surface area (Å²) in [6.45, 7) is 5.36. The molecule has 1 aliphatic carbocycles. The minimum absolute atomic E-state index is 0.451. The lowest BCUT2D eigenvalue weighted by molar-refractivity contribution is 0.416. The maximum atomic E-state index is 5.54. The van der Waals surface area contributed by atoms with E-state index in [0.717, 1.165) is 35.1 Å². The van der Waals surface area contributed by atoms with Crippen molar-refractivity contribution in [1.29, 1.82) is 0 Å². The molecule has 0 atom stereocenters. The van der Waals surface area contributed by atoms with Crippen LogP contribution in [0.3, 0.4) is 0 Å². The maximum absolute atomic E-state index is 5.54. The minimum Gasteiger partial charge on any atom is -0.496 e. The number of fused-ring (bicyclic) bond motifs is 1. The molecule has 0 radical (unpaired) electrons. The Labute approximate surface area is 141 Å². The van der Waals surface area contributed by atoms with Gasteiger partial charge in [0.15, 0.2) is 11.3 Å². The number of rotatable bonds is 5. The number of aromatic nitrogens is 4. The third kappa shape index (κ3) is 2.75. The zero-order valence-electron chi connectivity index (χ0n) is 14.4. The molecular weight excluding hydrogens is 300 g/mol. The van der Waals surface area contributed by atoms with E-state index >= 15 is 0 Å². The quantitative estimate of drug-likeness (QED) is 0.711. The number of imidazole rings is 1. The SMILES string of the molecule is COc1ccc(C(C)C)cc1-c1cnc2ncn(CC3CC3)c2n1. The molecule has 24 heavy (non-hydrogen) atoms. The van der Waals surface area contributed by atoms with Crippen molar-refractivity contribution in [3.8, 4) is 17.0 Å². The van der Waals surface area contributed by atoms with Gasteiger partial charge in [0.2, 0.25) is 0 Å². The number of hydrogen-bond acceptors (Lipinski definition) is 4. The Kier molecular flexibility index (Phi) is 3.71. The van der Waals surface area contributed by atoms with Crippen LogP contribution in [-0.2, 0) is 6.54 Å². The predicted molar refractivity (Wildman–Crippen MR) is 94.1 cm³/mol. The molecular formula is C19H22N4O. The molecule has 0 unspecified atom stereocenters. The van der Waals surface area contributed by atoms with Gasteiger partial charge in [-0.25, -0.2) is 15.0 Å². The van der Waals surface area contributed by atoms with Crippen LogP contribution in [-0.4, -0.2) is 26.6 Å². The molecule has 2 aromatic heterocycles. The average molecular weight is 322 g/mol. The lowest BCUT2D eigenvalue weighted by Gasteiger charge is -2.12. The normalized spacial score (nSPS) is 14.5. The summed E-state index contributed by atoms with van der Waals surface area (Å²) in [5, 5.41) is 0. The summed E-state index contributed by atoms with van der Waals surface area (Å²) in [7, 11) is 1.69. The van der Waals surface area contributed by atoms with Crippen molar-refractivity contribution >= 4 is 11.3 Å². The maximum Gasteiger partial charge on any atom is 0.197 e. The molecule has 2 heterocycles. The van der Waals surface area contributed by atoms with Gasteiger partial charge >= 0.3 is 0 Å². The van der Waals surface area contributed by atoms with Crippen LogP contribution in [0.1, 0.15) is 38.2 Å². The van der Waals surface area contributed by atoms with Crippen LogP contribution in [0.4, 0.5) is 0 Å². The van der Waals surface area contributed by atoms with E-state index in [2.05, 4.69) is 40.5 Å². The second kappa shape index (κ2) is 5.89. The molecule has 5 nitrogen and oxygen atoms in total. The third-order valence-corrected chi connectivity index (χ3v) is 4.64. The average Bonchev–Trinajstić information content (AvgIpc) is 3.33. The molecule has 0 spiro atoms. The van der Waals surface area contributed by atoms with Crippen molar-refractivity contribution in [2.24, 2.45) is 5.92 Å². The summed E-state index contributed by atoms with van der Waals surface area (Å²) in [5.74, 6) is 2.04. The first-order valence-corrected chi connectivity index (χ1v) is 8.52. The molecule has 0 saturated heterocycles. The minimum atomic E-state index is 0.451. The Morgan fingerprint density at radius 3 is 2.79 bits per heavy atom. The van der Waals surface area contributed by atoms with Crippen molar-refractivity contribution in [2.45, 2.75) is 39.2 Å². The molecule has 1 aliphatic rings. The Bertz CT molecular complexity index is 880. The van der Waals surface area contributed by atoms with Crippen molar-refractivity contribution < 1.29 is 4.74 Å². The van der Waals surface area contributed by atoms with Crippen LogP contribution in [0, 0.1) is 5.92 Å². The van der Waals surface area contributed by atoms with Gasteiger partial charge < -0.3 is 9.30 Å². The summed E-state index contributed by atoms with van der Waals surface area (Å²) in [6, 6.07) is 6.27. The van der Waals surface area contributed by atoms with Gasteiger partial charge in [0.25, 0.3) is 0 Å². The van der Waals surface area contributed by atoms with E-state index in [1.54, 1.807) is 13.3 Å². The molecule has 3 aromatic rings. The van der Waals surface area contributed by atoms with E-state index in [9.17, 15) is 0 Å².